The van der Waals surface area contributed by atoms with Crippen molar-refractivity contribution in [1.29, 1.82) is 0 Å². The molecule has 2 aromatic rings. The summed E-state index contributed by atoms with van der Waals surface area (Å²) in [5.41, 5.74) is 2.46. The predicted octanol–water partition coefficient (Wildman–Crippen LogP) is 3.60. The first kappa shape index (κ1) is 15.0. The van der Waals surface area contributed by atoms with E-state index in [-0.39, 0.29) is 17.6 Å². The normalized spacial score (nSPS) is 17.0. The van der Waals surface area contributed by atoms with Gasteiger partial charge in [0.1, 0.15) is 24.0 Å². The van der Waals surface area contributed by atoms with Crippen molar-refractivity contribution in [2.75, 3.05) is 11.9 Å². The monoisotopic (exact) mass is 320 g/mol. The zero-order valence-corrected chi connectivity index (χ0v) is 13.2. The summed E-state index contributed by atoms with van der Waals surface area (Å²) in [7, 11) is 0. The van der Waals surface area contributed by atoms with Crippen LogP contribution in [0.5, 0.6) is 5.75 Å². The number of thiazole rings is 1. The standard InChI is InChI=1S/C16H17FN2O2S/c1-9(2)14-15(18-8-22-14)19-16(20)11-5-10-6-12(17)3-4-13(10)21-7-11/h3-4,6,8-9,11H,5,7H2,1-2H3,(H,19,20). The summed E-state index contributed by atoms with van der Waals surface area (Å²) in [4.78, 5) is 17.7. The molecular formula is C16H17FN2O2S. The Morgan fingerprint density at radius 3 is 3.09 bits per heavy atom. The van der Waals surface area contributed by atoms with Crippen molar-refractivity contribution in [1.82, 2.24) is 4.98 Å². The molecule has 2 heterocycles. The van der Waals surface area contributed by atoms with Crippen LogP contribution >= 0.6 is 11.3 Å². The Morgan fingerprint density at radius 1 is 1.50 bits per heavy atom. The Morgan fingerprint density at radius 2 is 2.32 bits per heavy atom. The fourth-order valence-corrected chi connectivity index (χ4v) is 3.27. The maximum Gasteiger partial charge on any atom is 0.232 e. The van der Waals surface area contributed by atoms with Gasteiger partial charge in [-0.1, -0.05) is 13.8 Å². The number of nitrogens with zero attached hydrogens (tertiary/aromatic N) is 1. The summed E-state index contributed by atoms with van der Waals surface area (Å²) in [6, 6.07) is 4.40. The molecule has 4 nitrogen and oxygen atoms in total. The first-order valence-electron chi connectivity index (χ1n) is 7.20. The summed E-state index contributed by atoms with van der Waals surface area (Å²) in [5, 5.41) is 2.87. The van der Waals surface area contributed by atoms with Crippen LogP contribution in [0.25, 0.3) is 0 Å². The number of aromatic nitrogens is 1. The van der Waals surface area contributed by atoms with Crippen LogP contribution < -0.4 is 10.1 Å². The molecule has 1 aliphatic heterocycles. The van der Waals surface area contributed by atoms with Crippen molar-refractivity contribution in [2.45, 2.75) is 26.2 Å². The minimum absolute atomic E-state index is 0.136. The Hall–Kier alpha value is -1.95. The lowest BCUT2D eigenvalue weighted by Crippen LogP contribution is -2.33. The minimum Gasteiger partial charge on any atom is -0.492 e. The van der Waals surface area contributed by atoms with E-state index in [1.165, 1.54) is 23.5 Å². The lowest BCUT2D eigenvalue weighted by molar-refractivity contribution is -0.121. The Bertz CT molecular complexity index is 699. The highest BCUT2D eigenvalue weighted by atomic mass is 32.1. The van der Waals surface area contributed by atoms with Gasteiger partial charge in [-0.3, -0.25) is 4.79 Å². The van der Waals surface area contributed by atoms with Gasteiger partial charge < -0.3 is 10.1 Å². The third-order valence-corrected chi connectivity index (χ3v) is 4.79. The SMILES string of the molecule is CC(C)c1scnc1NC(=O)C1COc2ccc(F)cc2C1. The molecule has 0 fully saturated rings. The molecule has 1 aromatic carbocycles. The number of amides is 1. The molecule has 0 bridgehead atoms. The van der Waals surface area contributed by atoms with Crippen LogP contribution in [0, 0.1) is 11.7 Å². The number of ether oxygens (including phenoxy) is 1. The molecule has 1 N–H and O–H groups in total. The molecule has 22 heavy (non-hydrogen) atoms. The number of hydrogen-bond donors (Lipinski definition) is 1. The molecule has 116 valence electrons. The Balaban J connectivity index is 1.72. The van der Waals surface area contributed by atoms with Crippen molar-refractivity contribution in [3.63, 3.8) is 0 Å². The van der Waals surface area contributed by atoms with Crippen molar-refractivity contribution in [3.8, 4) is 5.75 Å². The van der Waals surface area contributed by atoms with Gasteiger partial charge in [-0.05, 0) is 36.1 Å². The molecule has 1 atom stereocenters. The molecule has 1 unspecified atom stereocenters. The van der Waals surface area contributed by atoms with E-state index in [2.05, 4.69) is 24.1 Å². The van der Waals surface area contributed by atoms with Gasteiger partial charge in [0.2, 0.25) is 5.91 Å². The zero-order valence-electron chi connectivity index (χ0n) is 12.4. The molecule has 0 spiro atoms. The zero-order chi connectivity index (χ0) is 15.7. The average Bonchev–Trinajstić information content (AvgIpc) is 2.94. The largest absolute Gasteiger partial charge is 0.492 e. The third kappa shape index (κ3) is 2.97. The number of nitrogens with one attached hydrogen (secondary N) is 1. The molecule has 0 radical (unpaired) electrons. The van der Waals surface area contributed by atoms with E-state index >= 15 is 0 Å². The highest BCUT2D eigenvalue weighted by Crippen LogP contribution is 2.30. The summed E-state index contributed by atoms with van der Waals surface area (Å²) in [6.07, 6.45) is 0.472. The van der Waals surface area contributed by atoms with Gasteiger partial charge in [0.25, 0.3) is 0 Å². The number of fused-ring (bicyclic) bond motifs is 1. The number of carbonyl (C=O) groups excluding carboxylic acids is 1. The van der Waals surface area contributed by atoms with E-state index < -0.39 is 0 Å². The lowest BCUT2D eigenvalue weighted by atomic mass is 9.96. The van der Waals surface area contributed by atoms with E-state index in [0.29, 0.717) is 30.5 Å². The summed E-state index contributed by atoms with van der Waals surface area (Å²) < 4.78 is 18.9. The molecule has 0 saturated carbocycles. The van der Waals surface area contributed by atoms with Crippen LogP contribution in [0.1, 0.15) is 30.2 Å². The topological polar surface area (TPSA) is 51.2 Å². The van der Waals surface area contributed by atoms with Crippen LogP contribution in [0.3, 0.4) is 0 Å². The van der Waals surface area contributed by atoms with E-state index in [4.69, 9.17) is 4.74 Å². The maximum absolute atomic E-state index is 13.3. The minimum atomic E-state index is -0.337. The number of benzene rings is 1. The Labute approximate surface area is 132 Å². The van der Waals surface area contributed by atoms with Gasteiger partial charge in [0.05, 0.1) is 16.3 Å². The van der Waals surface area contributed by atoms with Gasteiger partial charge in [-0.2, -0.15) is 0 Å². The van der Waals surface area contributed by atoms with Gasteiger partial charge in [0.15, 0.2) is 0 Å². The van der Waals surface area contributed by atoms with Gasteiger partial charge >= 0.3 is 0 Å². The summed E-state index contributed by atoms with van der Waals surface area (Å²) >= 11 is 1.53. The van der Waals surface area contributed by atoms with E-state index in [0.717, 1.165) is 10.4 Å². The molecule has 6 heteroatoms. The number of carbonyl (C=O) groups is 1. The van der Waals surface area contributed by atoms with Crippen molar-refractivity contribution < 1.29 is 13.9 Å². The van der Waals surface area contributed by atoms with Crippen LogP contribution in [-0.2, 0) is 11.2 Å². The van der Waals surface area contributed by atoms with Crippen LogP contribution in [-0.4, -0.2) is 17.5 Å². The summed E-state index contributed by atoms with van der Waals surface area (Å²) in [6.45, 7) is 4.42. The average molecular weight is 320 g/mol. The molecule has 3 rings (SSSR count). The van der Waals surface area contributed by atoms with Crippen LogP contribution in [0.15, 0.2) is 23.7 Å². The predicted molar refractivity (Wildman–Crippen MR) is 83.9 cm³/mol. The lowest BCUT2D eigenvalue weighted by Gasteiger charge is -2.24. The molecular weight excluding hydrogens is 303 g/mol. The smallest absolute Gasteiger partial charge is 0.232 e. The number of rotatable bonds is 3. The highest BCUT2D eigenvalue weighted by Gasteiger charge is 2.27. The van der Waals surface area contributed by atoms with E-state index in [9.17, 15) is 9.18 Å². The van der Waals surface area contributed by atoms with Gasteiger partial charge in [-0.25, -0.2) is 9.37 Å². The number of anilines is 1. The fourth-order valence-electron chi connectivity index (χ4n) is 2.51. The van der Waals surface area contributed by atoms with Gasteiger partial charge in [0, 0.05) is 0 Å². The second-order valence-corrected chi connectivity index (χ2v) is 6.56. The van der Waals surface area contributed by atoms with Crippen LogP contribution in [0.4, 0.5) is 10.2 Å². The quantitative estimate of drug-likeness (QED) is 0.940. The first-order chi connectivity index (χ1) is 10.5. The first-order valence-corrected chi connectivity index (χ1v) is 8.08. The van der Waals surface area contributed by atoms with Crippen molar-refractivity contribution in [2.24, 2.45) is 5.92 Å². The molecule has 1 aliphatic rings. The molecule has 0 aliphatic carbocycles. The molecule has 1 aromatic heterocycles. The van der Waals surface area contributed by atoms with Gasteiger partial charge in [-0.15, -0.1) is 11.3 Å². The molecule has 1 amide bonds. The number of hydrogen-bond acceptors (Lipinski definition) is 4. The van der Waals surface area contributed by atoms with E-state index in [1.807, 2.05) is 0 Å². The second kappa shape index (κ2) is 6.04. The highest BCUT2D eigenvalue weighted by molar-refractivity contribution is 7.10. The third-order valence-electron chi connectivity index (χ3n) is 3.66. The maximum atomic E-state index is 13.3. The summed E-state index contributed by atoms with van der Waals surface area (Å²) in [5.74, 6) is 0.793. The number of halogens is 1. The van der Waals surface area contributed by atoms with E-state index in [1.54, 1.807) is 11.6 Å². The Kier molecular flexibility index (Phi) is 4.11. The second-order valence-electron chi connectivity index (χ2n) is 5.67. The fraction of sp³-hybridized carbons (Fsp3) is 0.375. The van der Waals surface area contributed by atoms with Crippen molar-refractivity contribution >= 4 is 23.1 Å². The van der Waals surface area contributed by atoms with Crippen molar-refractivity contribution in [3.05, 3.63) is 40.0 Å². The molecule has 0 saturated heterocycles. The van der Waals surface area contributed by atoms with Crippen LogP contribution in [0.2, 0.25) is 0 Å².